The molecule has 0 aromatic carbocycles. The van der Waals surface area contributed by atoms with Crippen molar-refractivity contribution in [1.29, 1.82) is 0 Å². The Morgan fingerprint density at radius 3 is 3.18 bits per heavy atom. The summed E-state index contributed by atoms with van der Waals surface area (Å²) >= 11 is 1.72. The average molecular weight is 247 g/mol. The molecule has 3 heterocycles. The second-order valence-electron chi connectivity index (χ2n) is 4.02. The molecule has 2 N–H and O–H groups in total. The Bertz CT molecular complexity index is 623. The van der Waals surface area contributed by atoms with E-state index in [0.717, 1.165) is 17.9 Å². The van der Waals surface area contributed by atoms with E-state index in [1.807, 2.05) is 23.6 Å². The van der Waals surface area contributed by atoms with Gasteiger partial charge in [0.05, 0.1) is 11.7 Å². The largest absolute Gasteiger partial charge is 0.426 e. The van der Waals surface area contributed by atoms with Crippen LogP contribution in [0, 0.1) is 6.92 Å². The van der Waals surface area contributed by atoms with E-state index in [1.165, 1.54) is 4.88 Å². The van der Waals surface area contributed by atoms with Gasteiger partial charge in [0, 0.05) is 23.7 Å². The average Bonchev–Trinajstić information content (AvgIpc) is 2.97. The molecule has 0 aliphatic carbocycles. The van der Waals surface area contributed by atoms with E-state index in [2.05, 4.69) is 16.4 Å². The van der Waals surface area contributed by atoms with Gasteiger partial charge in [-0.05, 0) is 18.4 Å². The molecule has 0 spiro atoms. The molecular weight excluding hydrogens is 234 g/mol. The SMILES string of the molecule is Cc1c(C(N)Cc2cccs2)oc2nccn12. The fourth-order valence-corrected chi connectivity index (χ4v) is 2.76. The Morgan fingerprint density at radius 2 is 2.47 bits per heavy atom. The van der Waals surface area contributed by atoms with Gasteiger partial charge >= 0.3 is 5.84 Å². The molecule has 0 aliphatic heterocycles. The van der Waals surface area contributed by atoms with E-state index in [4.69, 9.17) is 10.2 Å². The molecule has 1 atom stereocenters. The third-order valence-corrected chi connectivity index (χ3v) is 3.76. The molecular formula is C12H13N3OS. The van der Waals surface area contributed by atoms with E-state index < -0.39 is 0 Å². The number of aryl methyl sites for hydroxylation is 1. The second-order valence-corrected chi connectivity index (χ2v) is 5.05. The van der Waals surface area contributed by atoms with E-state index in [0.29, 0.717) is 5.84 Å². The fraction of sp³-hybridized carbons (Fsp3) is 0.250. The van der Waals surface area contributed by atoms with E-state index >= 15 is 0 Å². The summed E-state index contributed by atoms with van der Waals surface area (Å²) in [5, 5.41) is 2.06. The molecule has 5 heteroatoms. The van der Waals surface area contributed by atoms with Crippen molar-refractivity contribution in [2.75, 3.05) is 0 Å². The molecule has 0 bridgehead atoms. The number of aromatic nitrogens is 2. The molecule has 0 saturated heterocycles. The first-order chi connectivity index (χ1) is 8.25. The van der Waals surface area contributed by atoms with Crippen molar-refractivity contribution in [3.63, 3.8) is 0 Å². The molecule has 17 heavy (non-hydrogen) atoms. The lowest BCUT2D eigenvalue weighted by Crippen LogP contribution is -2.13. The van der Waals surface area contributed by atoms with Gasteiger partial charge in [0.2, 0.25) is 0 Å². The van der Waals surface area contributed by atoms with Crippen LogP contribution in [0.5, 0.6) is 0 Å². The summed E-state index contributed by atoms with van der Waals surface area (Å²) in [5.74, 6) is 1.43. The van der Waals surface area contributed by atoms with Gasteiger partial charge in [0.25, 0.3) is 0 Å². The Morgan fingerprint density at radius 1 is 1.59 bits per heavy atom. The van der Waals surface area contributed by atoms with Crippen molar-refractivity contribution in [3.05, 3.63) is 46.2 Å². The van der Waals surface area contributed by atoms with Crippen LogP contribution in [0.1, 0.15) is 22.4 Å². The van der Waals surface area contributed by atoms with Crippen LogP contribution in [-0.4, -0.2) is 9.38 Å². The van der Waals surface area contributed by atoms with Gasteiger partial charge in [-0.25, -0.2) is 4.98 Å². The quantitative estimate of drug-likeness (QED) is 0.773. The molecule has 0 radical (unpaired) electrons. The summed E-state index contributed by atoms with van der Waals surface area (Å²) in [4.78, 5) is 5.39. The summed E-state index contributed by atoms with van der Waals surface area (Å²) in [6, 6.07) is 4.01. The molecule has 0 saturated carbocycles. The number of hydrogen-bond donors (Lipinski definition) is 1. The molecule has 88 valence electrons. The van der Waals surface area contributed by atoms with Crippen LogP contribution in [0.15, 0.2) is 34.3 Å². The number of rotatable bonds is 3. The first-order valence-electron chi connectivity index (χ1n) is 5.46. The third-order valence-electron chi connectivity index (χ3n) is 2.86. The maximum absolute atomic E-state index is 6.18. The number of nitrogens with zero attached hydrogens (tertiary/aromatic N) is 2. The lowest BCUT2D eigenvalue weighted by Gasteiger charge is -2.07. The zero-order chi connectivity index (χ0) is 11.8. The molecule has 0 amide bonds. The topological polar surface area (TPSA) is 56.5 Å². The number of nitrogens with two attached hydrogens (primary N) is 1. The van der Waals surface area contributed by atoms with E-state index in [9.17, 15) is 0 Å². The smallest absolute Gasteiger partial charge is 0.306 e. The lowest BCUT2D eigenvalue weighted by atomic mass is 10.1. The molecule has 4 nitrogen and oxygen atoms in total. The molecule has 1 unspecified atom stereocenters. The summed E-state index contributed by atoms with van der Waals surface area (Å²) in [6.45, 7) is 2.00. The van der Waals surface area contributed by atoms with Crippen LogP contribution in [0.2, 0.25) is 0 Å². The highest BCUT2D eigenvalue weighted by Gasteiger charge is 2.18. The van der Waals surface area contributed by atoms with Crippen molar-refractivity contribution in [2.24, 2.45) is 5.73 Å². The summed E-state index contributed by atoms with van der Waals surface area (Å²) in [6.07, 6.45) is 4.41. The molecule has 3 aromatic heterocycles. The zero-order valence-corrected chi connectivity index (χ0v) is 10.3. The van der Waals surface area contributed by atoms with Gasteiger partial charge < -0.3 is 10.2 Å². The molecule has 3 aromatic rings. The minimum absolute atomic E-state index is 0.115. The zero-order valence-electron chi connectivity index (χ0n) is 9.46. The normalized spacial score (nSPS) is 13.3. The second kappa shape index (κ2) is 4.01. The highest BCUT2D eigenvalue weighted by molar-refractivity contribution is 7.09. The van der Waals surface area contributed by atoms with Gasteiger partial charge in [-0.2, -0.15) is 0 Å². The number of fused-ring (bicyclic) bond motifs is 1. The Kier molecular flexibility index (Phi) is 2.49. The summed E-state index contributed by atoms with van der Waals surface area (Å²) in [5.41, 5.74) is 7.21. The Labute approximate surface area is 103 Å². The Balaban J connectivity index is 1.92. The van der Waals surface area contributed by atoms with Gasteiger partial charge in [-0.1, -0.05) is 6.07 Å². The first kappa shape index (κ1) is 10.6. The first-order valence-corrected chi connectivity index (χ1v) is 6.34. The minimum Gasteiger partial charge on any atom is -0.426 e. The maximum Gasteiger partial charge on any atom is 0.306 e. The van der Waals surface area contributed by atoms with Crippen LogP contribution < -0.4 is 5.73 Å². The highest BCUT2D eigenvalue weighted by Crippen LogP contribution is 2.24. The van der Waals surface area contributed by atoms with Gasteiger partial charge in [0.15, 0.2) is 0 Å². The van der Waals surface area contributed by atoms with Crippen molar-refractivity contribution >= 4 is 17.2 Å². The van der Waals surface area contributed by atoms with Crippen molar-refractivity contribution < 1.29 is 4.42 Å². The van der Waals surface area contributed by atoms with Crippen LogP contribution in [-0.2, 0) is 6.42 Å². The van der Waals surface area contributed by atoms with Crippen LogP contribution in [0.3, 0.4) is 0 Å². The molecule has 0 aliphatic rings. The maximum atomic E-state index is 6.18. The van der Waals surface area contributed by atoms with Crippen LogP contribution in [0.4, 0.5) is 0 Å². The van der Waals surface area contributed by atoms with E-state index in [-0.39, 0.29) is 6.04 Å². The van der Waals surface area contributed by atoms with Crippen molar-refractivity contribution in [3.8, 4) is 0 Å². The lowest BCUT2D eigenvalue weighted by molar-refractivity contribution is 0.484. The van der Waals surface area contributed by atoms with Crippen molar-refractivity contribution in [1.82, 2.24) is 9.38 Å². The number of hydrogen-bond acceptors (Lipinski definition) is 4. The minimum atomic E-state index is -0.115. The fourth-order valence-electron chi connectivity index (χ4n) is 1.99. The number of imidazole rings is 1. The summed E-state index contributed by atoms with van der Waals surface area (Å²) < 4.78 is 7.60. The number of oxazole rings is 1. The van der Waals surface area contributed by atoms with Crippen LogP contribution in [0.25, 0.3) is 5.84 Å². The number of thiophene rings is 1. The van der Waals surface area contributed by atoms with Crippen molar-refractivity contribution in [2.45, 2.75) is 19.4 Å². The summed E-state index contributed by atoms with van der Waals surface area (Å²) in [7, 11) is 0. The molecule has 3 rings (SSSR count). The van der Waals surface area contributed by atoms with Gasteiger partial charge in [-0.3, -0.25) is 4.40 Å². The van der Waals surface area contributed by atoms with Gasteiger partial charge in [-0.15, -0.1) is 11.3 Å². The van der Waals surface area contributed by atoms with Crippen LogP contribution >= 0.6 is 11.3 Å². The predicted molar refractivity (Wildman–Crippen MR) is 67.1 cm³/mol. The highest BCUT2D eigenvalue weighted by atomic mass is 32.1. The molecule has 0 fully saturated rings. The standard InChI is InChI=1S/C12H13N3OS/c1-8-11(16-12-14-4-5-15(8)12)10(13)7-9-3-2-6-17-9/h2-6,10H,7,13H2,1H3. The third kappa shape index (κ3) is 1.77. The Hall–Kier alpha value is -1.59. The monoisotopic (exact) mass is 247 g/mol. The van der Waals surface area contributed by atoms with E-state index in [1.54, 1.807) is 17.5 Å². The predicted octanol–water partition coefficient (Wildman–Crippen LogP) is 2.54. The van der Waals surface area contributed by atoms with Gasteiger partial charge in [0.1, 0.15) is 5.76 Å².